The topological polar surface area (TPSA) is 45.2 Å². The molecule has 9 heteroatoms. The minimum atomic E-state index is -2.65. The van der Waals surface area contributed by atoms with Gasteiger partial charge in [-0.2, -0.15) is 0 Å². The van der Waals surface area contributed by atoms with Gasteiger partial charge in [0, 0.05) is 43.5 Å². The minimum absolute atomic E-state index is 0.0556. The molecule has 1 N–H and O–H groups in total. The van der Waals surface area contributed by atoms with Gasteiger partial charge in [-0.05, 0) is 18.9 Å². The SMILES string of the molecule is C=C(C(=O)NCC(c1cnc(CCC)s1)N1CCC(F)(F)CC1)/C(Cl)=C\C=C/CF. The van der Waals surface area contributed by atoms with Crippen LogP contribution in [0.5, 0.6) is 0 Å². The Labute approximate surface area is 184 Å². The molecular formula is C21H27ClF3N3OS. The van der Waals surface area contributed by atoms with E-state index in [9.17, 15) is 18.0 Å². The van der Waals surface area contributed by atoms with Crippen LogP contribution in [-0.2, 0) is 11.2 Å². The number of rotatable bonds is 10. The van der Waals surface area contributed by atoms with Crippen molar-refractivity contribution in [3.63, 3.8) is 0 Å². The van der Waals surface area contributed by atoms with Gasteiger partial charge in [-0.3, -0.25) is 9.69 Å². The molecule has 0 saturated carbocycles. The van der Waals surface area contributed by atoms with Crippen molar-refractivity contribution in [2.75, 3.05) is 26.3 Å². The number of hydrogen-bond acceptors (Lipinski definition) is 4. The molecule has 1 aliphatic rings. The Kier molecular flexibility index (Phi) is 9.58. The molecular weight excluding hydrogens is 435 g/mol. The highest BCUT2D eigenvalue weighted by atomic mass is 35.5. The monoisotopic (exact) mass is 461 g/mol. The molecule has 0 radical (unpaired) electrons. The van der Waals surface area contributed by atoms with Gasteiger partial charge in [-0.25, -0.2) is 18.2 Å². The molecule has 1 aromatic heterocycles. The third-order valence-corrected chi connectivity index (χ3v) is 6.33. The maximum Gasteiger partial charge on any atom is 0.252 e. The van der Waals surface area contributed by atoms with Gasteiger partial charge in [0.1, 0.15) is 6.67 Å². The molecule has 2 heterocycles. The lowest BCUT2D eigenvalue weighted by molar-refractivity contribution is -0.117. The van der Waals surface area contributed by atoms with Gasteiger partial charge < -0.3 is 5.32 Å². The van der Waals surface area contributed by atoms with E-state index in [0.29, 0.717) is 0 Å². The number of piperidine rings is 1. The molecule has 1 amide bonds. The quantitative estimate of drug-likeness (QED) is 0.385. The van der Waals surface area contributed by atoms with Crippen molar-refractivity contribution in [1.29, 1.82) is 0 Å². The fourth-order valence-electron chi connectivity index (χ4n) is 3.09. The summed E-state index contributed by atoms with van der Waals surface area (Å²) >= 11 is 7.58. The second kappa shape index (κ2) is 11.7. The zero-order valence-corrected chi connectivity index (χ0v) is 18.5. The van der Waals surface area contributed by atoms with Crippen molar-refractivity contribution in [3.8, 4) is 0 Å². The van der Waals surface area contributed by atoms with Crippen LogP contribution in [0, 0.1) is 0 Å². The van der Waals surface area contributed by atoms with Crippen molar-refractivity contribution in [1.82, 2.24) is 15.2 Å². The Morgan fingerprint density at radius 3 is 2.80 bits per heavy atom. The number of carbonyl (C=O) groups excluding carboxylic acids is 1. The standard InChI is InChI=1S/C21H27ClF3N3OS/c1-3-6-19-26-14-18(30-19)17(28-11-8-21(24,25)9-12-28)13-27-20(29)15(2)16(22)7-4-5-10-23/h4-5,7,14,17H,2-3,6,8-13H2,1H3,(H,27,29)/b5-4-,16-7+. The fraction of sp³-hybridized carbons (Fsp3) is 0.524. The van der Waals surface area contributed by atoms with E-state index in [1.54, 1.807) is 17.5 Å². The van der Waals surface area contributed by atoms with Crippen molar-refractivity contribution in [3.05, 3.63) is 51.5 Å². The van der Waals surface area contributed by atoms with E-state index < -0.39 is 18.5 Å². The highest BCUT2D eigenvalue weighted by Crippen LogP contribution is 2.34. The molecule has 30 heavy (non-hydrogen) atoms. The summed E-state index contributed by atoms with van der Waals surface area (Å²) in [5, 5.41) is 3.89. The Morgan fingerprint density at radius 2 is 2.17 bits per heavy atom. The number of halogens is 4. The molecule has 1 saturated heterocycles. The van der Waals surface area contributed by atoms with Crippen LogP contribution >= 0.6 is 22.9 Å². The molecule has 0 bridgehead atoms. The zero-order valence-electron chi connectivity index (χ0n) is 17.0. The summed E-state index contributed by atoms with van der Waals surface area (Å²) in [6, 6.07) is -0.254. The average molecular weight is 462 g/mol. The van der Waals surface area contributed by atoms with E-state index in [-0.39, 0.29) is 49.1 Å². The van der Waals surface area contributed by atoms with E-state index >= 15 is 0 Å². The first-order chi connectivity index (χ1) is 14.3. The normalized spacial score (nSPS) is 18.5. The van der Waals surface area contributed by atoms with E-state index in [4.69, 9.17) is 11.6 Å². The van der Waals surface area contributed by atoms with E-state index in [2.05, 4.69) is 23.8 Å². The number of aromatic nitrogens is 1. The lowest BCUT2D eigenvalue weighted by Gasteiger charge is -2.37. The lowest BCUT2D eigenvalue weighted by Crippen LogP contribution is -2.45. The Balaban J connectivity index is 2.09. The Bertz CT molecular complexity index is 784. The van der Waals surface area contributed by atoms with Crippen LogP contribution in [0.3, 0.4) is 0 Å². The van der Waals surface area contributed by atoms with Gasteiger partial charge in [0.25, 0.3) is 11.8 Å². The summed E-state index contributed by atoms with van der Waals surface area (Å²) in [7, 11) is 0. The highest BCUT2D eigenvalue weighted by Gasteiger charge is 2.37. The summed E-state index contributed by atoms with van der Waals surface area (Å²) < 4.78 is 39.4. The second-order valence-corrected chi connectivity index (χ2v) is 8.65. The van der Waals surface area contributed by atoms with Gasteiger partial charge in [-0.15, -0.1) is 11.3 Å². The van der Waals surface area contributed by atoms with E-state index in [0.717, 1.165) is 22.7 Å². The molecule has 166 valence electrons. The first-order valence-electron chi connectivity index (χ1n) is 9.89. The molecule has 0 spiro atoms. The molecule has 2 rings (SSSR count). The number of nitrogens with zero attached hydrogens (tertiary/aromatic N) is 2. The molecule has 1 aliphatic heterocycles. The van der Waals surface area contributed by atoms with Gasteiger partial charge in [0.05, 0.1) is 21.7 Å². The smallest absolute Gasteiger partial charge is 0.252 e. The van der Waals surface area contributed by atoms with Crippen LogP contribution in [0.25, 0.3) is 0 Å². The Hall–Kier alpha value is -1.64. The number of aryl methyl sites for hydroxylation is 1. The number of thiazole rings is 1. The largest absolute Gasteiger partial charge is 0.350 e. The fourth-order valence-corrected chi connectivity index (χ4v) is 4.41. The van der Waals surface area contributed by atoms with Gasteiger partial charge >= 0.3 is 0 Å². The first-order valence-corrected chi connectivity index (χ1v) is 11.1. The van der Waals surface area contributed by atoms with Crippen LogP contribution in [-0.4, -0.2) is 48.0 Å². The number of amides is 1. The molecule has 1 aromatic rings. The lowest BCUT2D eigenvalue weighted by atomic mass is 10.0. The van der Waals surface area contributed by atoms with Crippen LogP contribution in [0.4, 0.5) is 13.2 Å². The predicted octanol–water partition coefficient (Wildman–Crippen LogP) is 5.19. The number of hydrogen-bond donors (Lipinski definition) is 1. The van der Waals surface area contributed by atoms with Crippen LogP contribution in [0.2, 0.25) is 0 Å². The van der Waals surface area contributed by atoms with Gasteiger partial charge in [0.2, 0.25) is 0 Å². The second-order valence-electron chi connectivity index (χ2n) is 7.10. The molecule has 1 atom stereocenters. The zero-order chi connectivity index (χ0) is 22.1. The van der Waals surface area contributed by atoms with E-state index in [1.165, 1.54) is 18.2 Å². The summed E-state index contributed by atoms with van der Waals surface area (Å²) in [6.45, 7) is 5.82. The Morgan fingerprint density at radius 1 is 1.47 bits per heavy atom. The van der Waals surface area contributed by atoms with Crippen LogP contribution in [0.15, 0.2) is 41.6 Å². The molecule has 0 aromatic carbocycles. The van der Waals surface area contributed by atoms with E-state index in [1.807, 2.05) is 4.90 Å². The predicted molar refractivity (Wildman–Crippen MR) is 116 cm³/mol. The third-order valence-electron chi connectivity index (χ3n) is 4.82. The molecule has 4 nitrogen and oxygen atoms in total. The van der Waals surface area contributed by atoms with Gasteiger partial charge in [-0.1, -0.05) is 37.3 Å². The maximum atomic E-state index is 13.6. The van der Waals surface area contributed by atoms with Gasteiger partial charge in [0.15, 0.2) is 0 Å². The number of allylic oxidation sites excluding steroid dienone is 3. The van der Waals surface area contributed by atoms with Crippen LogP contribution in [0.1, 0.15) is 42.1 Å². The maximum absolute atomic E-state index is 13.6. The minimum Gasteiger partial charge on any atom is -0.350 e. The summed E-state index contributed by atoms with van der Waals surface area (Å²) in [6.07, 6.45) is 7.23. The average Bonchev–Trinajstić information content (AvgIpc) is 3.17. The van der Waals surface area contributed by atoms with Crippen molar-refractivity contribution >= 4 is 28.8 Å². The number of nitrogens with one attached hydrogen (secondary N) is 1. The number of carbonyl (C=O) groups is 1. The first kappa shape index (κ1) is 24.6. The summed E-state index contributed by atoms with van der Waals surface area (Å²) in [5.74, 6) is -3.11. The number of alkyl halides is 3. The molecule has 0 aliphatic carbocycles. The molecule has 1 fully saturated rings. The molecule has 1 unspecified atom stereocenters. The van der Waals surface area contributed by atoms with Crippen molar-refractivity contribution in [2.24, 2.45) is 0 Å². The number of likely N-dealkylation sites (tertiary alicyclic amines) is 1. The highest BCUT2D eigenvalue weighted by molar-refractivity contribution is 7.11. The van der Waals surface area contributed by atoms with Crippen molar-refractivity contribution in [2.45, 2.75) is 44.6 Å². The summed E-state index contributed by atoms with van der Waals surface area (Å²) in [4.78, 5) is 19.8. The van der Waals surface area contributed by atoms with Crippen molar-refractivity contribution < 1.29 is 18.0 Å². The third kappa shape index (κ3) is 7.25. The van der Waals surface area contributed by atoms with Crippen LogP contribution < -0.4 is 5.32 Å². The summed E-state index contributed by atoms with van der Waals surface area (Å²) in [5.41, 5.74) is 0.0556.